The zero-order valence-electron chi connectivity index (χ0n) is 12.5. The highest BCUT2D eigenvalue weighted by Gasteiger charge is 2.08. The minimum absolute atomic E-state index is 0.0625. The second-order valence-corrected chi connectivity index (χ2v) is 4.95. The number of nitrogens with one attached hydrogen (secondary N) is 2. The Morgan fingerprint density at radius 1 is 0.958 bits per heavy atom. The van der Waals surface area contributed by atoms with Crippen molar-refractivity contribution in [2.45, 2.75) is 0 Å². The molecule has 4 N–H and O–H groups in total. The summed E-state index contributed by atoms with van der Waals surface area (Å²) in [5, 5.41) is 5.84. The number of para-hydroxylation sites is 1. The normalized spacial score (nSPS) is 10.2. The van der Waals surface area contributed by atoms with E-state index in [9.17, 15) is 9.18 Å². The van der Waals surface area contributed by atoms with Crippen LogP contribution in [0.5, 0.6) is 0 Å². The van der Waals surface area contributed by atoms with Crippen LogP contribution in [0.3, 0.4) is 0 Å². The lowest BCUT2D eigenvalue weighted by Crippen LogP contribution is -2.10. The monoisotopic (exact) mass is 323 g/mol. The molecule has 1 amide bonds. The van der Waals surface area contributed by atoms with Crippen LogP contribution < -0.4 is 16.4 Å². The molecule has 120 valence electrons. The van der Waals surface area contributed by atoms with Gasteiger partial charge in [-0.1, -0.05) is 18.2 Å². The second-order valence-electron chi connectivity index (χ2n) is 4.95. The molecule has 1 heterocycles. The molecular formula is C17H14FN5O. The average molecular weight is 323 g/mol. The van der Waals surface area contributed by atoms with E-state index in [4.69, 9.17) is 5.73 Å². The Morgan fingerprint density at radius 3 is 2.29 bits per heavy atom. The molecule has 0 saturated heterocycles. The first kappa shape index (κ1) is 15.4. The lowest BCUT2D eigenvalue weighted by atomic mass is 10.2. The number of carbonyl (C=O) groups excluding carboxylic acids is 1. The highest BCUT2D eigenvalue weighted by Crippen LogP contribution is 2.20. The van der Waals surface area contributed by atoms with Crippen LogP contribution in [0.4, 0.5) is 27.5 Å². The third-order valence-electron chi connectivity index (χ3n) is 3.21. The average Bonchev–Trinajstić information content (AvgIpc) is 2.59. The van der Waals surface area contributed by atoms with Crippen LogP contribution >= 0.6 is 0 Å². The molecule has 0 aliphatic rings. The van der Waals surface area contributed by atoms with E-state index in [1.807, 2.05) is 18.2 Å². The van der Waals surface area contributed by atoms with Gasteiger partial charge in [-0.25, -0.2) is 9.37 Å². The Morgan fingerprint density at radius 2 is 1.62 bits per heavy atom. The van der Waals surface area contributed by atoms with Crippen molar-refractivity contribution >= 4 is 29.0 Å². The number of nitrogens with two attached hydrogens (primary N) is 1. The lowest BCUT2D eigenvalue weighted by Gasteiger charge is -2.09. The largest absolute Gasteiger partial charge is 0.366 e. The maximum atomic E-state index is 13.9. The van der Waals surface area contributed by atoms with E-state index in [2.05, 4.69) is 20.6 Å². The number of hydrogen-bond acceptors (Lipinski definition) is 5. The molecule has 0 atom stereocenters. The first-order chi connectivity index (χ1) is 11.6. The topological polar surface area (TPSA) is 92.9 Å². The van der Waals surface area contributed by atoms with Crippen molar-refractivity contribution < 1.29 is 9.18 Å². The fourth-order valence-corrected chi connectivity index (χ4v) is 2.02. The van der Waals surface area contributed by atoms with Gasteiger partial charge in [-0.05, 0) is 36.4 Å². The molecule has 0 aliphatic carbocycles. The van der Waals surface area contributed by atoms with Crippen LogP contribution in [0.1, 0.15) is 10.4 Å². The number of benzene rings is 2. The molecule has 3 rings (SSSR count). The van der Waals surface area contributed by atoms with E-state index in [1.54, 1.807) is 36.4 Å². The van der Waals surface area contributed by atoms with Crippen LogP contribution in [-0.4, -0.2) is 15.9 Å². The fourth-order valence-electron chi connectivity index (χ4n) is 2.02. The molecule has 2 aromatic carbocycles. The number of rotatable bonds is 5. The number of carbonyl (C=O) groups is 1. The van der Waals surface area contributed by atoms with E-state index < -0.39 is 11.7 Å². The van der Waals surface area contributed by atoms with Crippen LogP contribution in [0.25, 0.3) is 0 Å². The number of nitrogens with zero attached hydrogens (tertiary/aromatic N) is 2. The minimum atomic E-state index is -0.562. The van der Waals surface area contributed by atoms with E-state index >= 15 is 0 Å². The van der Waals surface area contributed by atoms with Gasteiger partial charge in [0.25, 0.3) is 0 Å². The Hall–Kier alpha value is -3.48. The summed E-state index contributed by atoms with van der Waals surface area (Å²) in [7, 11) is 0. The highest BCUT2D eigenvalue weighted by molar-refractivity contribution is 5.93. The number of primary amides is 1. The summed E-state index contributed by atoms with van der Waals surface area (Å²) < 4.78 is 13.9. The zero-order valence-corrected chi connectivity index (χ0v) is 12.5. The summed E-state index contributed by atoms with van der Waals surface area (Å²) in [4.78, 5) is 19.1. The van der Waals surface area contributed by atoms with Crippen LogP contribution in [-0.2, 0) is 0 Å². The number of hydrogen-bond donors (Lipinski definition) is 3. The van der Waals surface area contributed by atoms with Crippen LogP contribution in [0, 0.1) is 5.82 Å². The Bertz CT molecular complexity index is 853. The summed E-state index contributed by atoms with van der Waals surface area (Å²) >= 11 is 0. The van der Waals surface area contributed by atoms with Crippen molar-refractivity contribution in [2.75, 3.05) is 10.6 Å². The number of aromatic nitrogens is 2. The quantitative estimate of drug-likeness (QED) is 0.670. The maximum Gasteiger partial charge on any atom is 0.248 e. The summed E-state index contributed by atoms with van der Waals surface area (Å²) in [5.41, 5.74) is 6.95. The molecule has 7 heteroatoms. The Labute approximate surface area is 137 Å². The van der Waals surface area contributed by atoms with Gasteiger partial charge < -0.3 is 16.4 Å². The maximum absolute atomic E-state index is 13.9. The summed E-state index contributed by atoms with van der Waals surface area (Å²) in [6, 6.07) is 15.6. The van der Waals surface area contributed by atoms with Gasteiger partial charge in [-0.3, -0.25) is 4.79 Å². The standard InChI is InChI=1S/C17H14FN5O/c18-14-10-20-17(22-13-8-6-11(7-9-13)15(19)24)23-16(14)21-12-4-2-1-3-5-12/h1-10H,(H2,19,24)(H2,20,21,22,23). The van der Waals surface area contributed by atoms with Crippen molar-refractivity contribution in [1.82, 2.24) is 9.97 Å². The number of amides is 1. The SMILES string of the molecule is NC(=O)c1ccc(Nc2ncc(F)c(Nc3ccccc3)n2)cc1. The van der Waals surface area contributed by atoms with E-state index in [0.717, 1.165) is 6.20 Å². The smallest absolute Gasteiger partial charge is 0.248 e. The molecule has 0 fully saturated rings. The summed E-state index contributed by atoms with van der Waals surface area (Å²) in [5.74, 6) is -0.781. The van der Waals surface area contributed by atoms with Crippen molar-refractivity contribution in [2.24, 2.45) is 5.73 Å². The van der Waals surface area contributed by atoms with Crippen molar-refractivity contribution in [3.05, 3.63) is 72.2 Å². The van der Waals surface area contributed by atoms with Crippen LogP contribution in [0.2, 0.25) is 0 Å². The van der Waals surface area contributed by atoms with Gasteiger partial charge in [0, 0.05) is 16.9 Å². The van der Waals surface area contributed by atoms with Gasteiger partial charge in [0.05, 0.1) is 6.20 Å². The van der Waals surface area contributed by atoms with Gasteiger partial charge in [-0.15, -0.1) is 0 Å². The van der Waals surface area contributed by atoms with Crippen molar-refractivity contribution in [3.8, 4) is 0 Å². The molecule has 0 radical (unpaired) electrons. The van der Waals surface area contributed by atoms with Gasteiger partial charge in [0.15, 0.2) is 11.6 Å². The Balaban J connectivity index is 1.79. The first-order valence-corrected chi connectivity index (χ1v) is 7.13. The molecule has 0 bridgehead atoms. The molecule has 0 saturated carbocycles. The third-order valence-corrected chi connectivity index (χ3v) is 3.21. The summed E-state index contributed by atoms with van der Waals surface area (Å²) in [6.07, 6.45) is 1.08. The van der Waals surface area contributed by atoms with Crippen molar-refractivity contribution in [3.63, 3.8) is 0 Å². The molecule has 24 heavy (non-hydrogen) atoms. The van der Waals surface area contributed by atoms with Gasteiger partial charge in [-0.2, -0.15) is 4.98 Å². The van der Waals surface area contributed by atoms with Crippen molar-refractivity contribution in [1.29, 1.82) is 0 Å². The molecule has 1 aromatic heterocycles. The minimum Gasteiger partial charge on any atom is -0.366 e. The number of anilines is 4. The van der Waals surface area contributed by atoms with E-state index in [0.29, 0.717) is 16.9 Å². The zero-order chi connectivity index (χ0) is 16.9. The highest BCUT2D eigenvalue weighted by atomic mass is 19.1. The second kappa shape index (κ2) is 6.74. The lowest BCUT2D eigenvalue weighted by molar-refractivity contribution is 0.100. The van der Waals surface area contributed by atoms with Crippen LogP contribution in [0.15, 0.2) is 60.8 Å². The number of halogens is 1. The van der Waals surface area contributed by atoms with Gasteiger partial charge in [0.1, 0.15) is 0 Å². The third kappa shape index (κ3) is 3.64. The molecule has 3 aromatic rings. The first-order valence-electron chi connectivity index (χ1n) is 7.13. The Kier molecular flexibility index (Phi) is 4.33. The molecular weight excluding hydrogens is 309 g/mol. The predicted octanol–water partition coefficient (Wildman–Crippen LogP) is 3.20. The molecule has 0 unspecified atom stereocenters. The van der Waals surface area contributed by atoms with Gasteiger partial charge in [0.2, 0.25) is 11.9 Å². The van der Waals surface area contributed by atoms with E-state index in [1.165, 1.54) is 0 Å². The van der Waals surface area contributed by atoms with E-state index in [-0.39, 0.29) is 11.8 Å². The predicted molar refractivity (Wildman–Crippen MR) is 90.0 cm³/mol. The fraction of sp³-hybridized carbons (Fsp3) is 0. The molecule has 0 aliphatic heterocycles. The molecule has 6 nitrogen and oxygen atoms in total. The van der Waals surface area contributed by atoms with Gasteiger partial charge >= 0.3 is 0 Å². The molecule has 0 spiro atoms. The summed E-state index contributed by atoms with van der Waals surface area (Å²) in [6.45, 7) is 0.